The third kappa shape index (κ3) is 2.73. The zero-order valence-electron chi connectivity index (χ0n) is 8.23. The standard InChI is InChI=1S/C8H14N2O3S/c1-3-10(2)8(11)9-7-4-5-14(12,13)6-7/h4-5,7H,3,6H2,1-2H3,(H,9,11). The second kappa shape index (κ2) is 4.00. The third-order valence-electron chi connectivity index (χ3n) is 2.06. The molecular formula is C8H14N2O3S. The van der Waals surface area contributed by atoms with Gasteiger partial charge in [0.2, 0.25) is 0 Å². The predicted octanol–water partition coefficient (Wildman–Crippen LogP) is -0.0416. The fraction of sp³-hybridized carbons (Fsp3) is 0.625. The summed E-state index contributed by atoms with van der Waals surface area (Å²) in [4.78, 5) is 12.8. The maximum absolute atomic E-state index is 11.3. The minimum atomic E-state index is -3.09. The maximum atomic E-state index is 11.3. The molecule has 0 saturated heterocycles. The average molecular weight is 218 g/mol. The normalized spacial score (nSPS) is 23.4. The molecule has 0 radical (unpaired) electrons. The molecule has 14 heavy (non-hydrogen) atoms. The van der Waals surface area contributed by atoms with Crippen molar-refractivity contribution in [2.75, 3.05) is 19.3 Å². The molecule has 1 rings (SSSR count). The summed E-state index contributed by atoms with van der Waals surface area (Å²) in [7, 11) is -1.43. The summed E-state index contributed by atoms with van der Waals surface area (Å²) in [6.45, 7) is 2.44. The van der Waals surface area contributed by atoms with Crippen molar-refractivity contribution >= 4 is 15.9 Å². The van der Waals surface area contributed by atoms with Gasteiger partial charge in [0, 0.05) is 19.0 Å². The maximum Gasteiger partial charge on any atom is 0.317 e. The van der Waals surface area contributed by atoms with Gasteiger partial charge in [0.25, 0.3) is 0 Å². The fourth-order valence-electron chi connectivity index (χ4n) is 1.08. The van der Waals surface area contributed by atoms with Crippen LogP contribution in [0.5, 0.6) is 0 Å². The molecule has 80 valence electrons. The molecule has 1 aliphatic heterocycles. The van der Waals surface area contributed by atoms with E-state index in [0.29, 0.717) is 6.54 Å². The van der Waals surface area contributed by atoms with Gasteiger partial charge in [-0.2, -0.15) is 0 Å². The minimum absolute atomic E-state index is 0.0315. The first-order valence-corrected chi connectivity index (χ1v) is 6.09. The van der Waals surface area contributed by atoms with Gasteiger partial charge < -0.3 is 10.2 Å². The van der Waals surface area contributed by atoms with Gasteiger partial charge in [-0.15, -0.1) is 0 Å². The zero-order valence-corrected chi connectivity index (χ0v) is 9.04. The Morgan fingerprint density at radius 2 is 2.29 bits per heavy atom. The number of carbonyl (C=O) groups excluding carboxylic acids is 1. The predicted molar refractivity (Wildman–Crippen MR) is 53.6 cm³/mol. The Morgan fingerprint density at radius 1 is 1.64 bits per heavy atom. The fourth-order valence-corrected chi connectivity index (χ4v) is 2.31. The number of amides is 2. The van der Waals surface area contributed by atoms with Gasteiger partial charge >= 0.3 is 6.03 Å². The van der Waals surface area contributed by atoms with Crippen molar-refractivity contribution in [3.05, 3.63) is 11.5 Å². The molecule has 0 aromatic carbocycles. The lowest BCUT2D eigenvalue weighted by Gasteiger charge is -2.17. The molecule has 0 aromatic rings. The number of hydrogen-bond donors (Lipinski definition) is 1. The third-order valence-corrected chi connectivity index (χ3v) is 3.46. The van der Waals surface area contributed by atoms with E-state index in [1.54, 1.807) is 7.05 Å². The van der Waals surface area contributed by atoms with E-state index in [4.69, 9.17) is 0 Å². The summed E-state index contributed by atoms with van der Waals surface area (Å²) < 4.78 is 22.0. The number of carbonyl (C=O) groups is 1. The lowest BCUT2D eigenvalue weighted by molar-refractivity contribution is 0.209. The highest BCUT2D eigenvalue weighted by Crippen LogP contribution is 2.07. The van der Waals surface area contributed by atoms with E-state index in [9.17, 15) is 13.2 Å². The summed E-state index contributed by atoms with van der Waals surface area (Å²) in [5.41, 5.74) is 0. The molecule has 6 heteroatoms. The molecule has 1 heterocycles. The highest BCUT2D eigenvalue weighted by Gasteiger charge is 2.23. The van der Waals surface area contributed by atoms with Crippen molar-refractivity contribution in [1.29, 1.82) is 0 Å². The quantitative estimate of drug-likeness (QED) is 0.707. The van der Waals surface area contributed by atoms with E-state index < -0.39 is 9.84 Å². The van der Waals surface area contributed by atoms with E-state index >= 15 is 0 Å². The first kappa shape index (κ1) is 11.0. The van der Waals surface area contributed by atoms with Gasteiger partial charge in [0.1, 0.15) is 0 Å². The van der Waals surface area contributed by atoms with Crippen LogP contribution in [0.1, 0.15) is 6.92 Å². The Bertz CT molecular complexity index is 348. The second-order valence-electron chi connectivity index (χ2n) is 3.23. The van der Waals surface area contributed by atoms with E-state index in [-0.39, 0.29) is 17.8 Å². The highest BCUT2D eigenvalue weighted by atomic mass is 32.2. The smallest absolute Gasteiger partial charge is 0.317 e. The number of urea groups is 1. The van der Waals surface area contributed by atoms with Crippen LogP contribution in [0.15, 0.2) is 11.5 Å². The van der Waals surface area contributed by atoms with Crippen LogP contribution in [0.25, 0.3) is 0 Å². The summed E-state index contributed by atoms with van der Waals surface area (Å²) >= 11 is 0. The molecule has 2 amide bonds. The van der Waals surface area contributed by atoms with Crippen LogP contribution in [-0.2, 0) is 9.84 Å². The van der Waals surface area contributed by atoms with Crippen molar-refractivity contribution in [3.8, 4) is 0 Å². The zero-order chi connectivity index (χ0) is 10.8. The molecule has 1 unspecified atom stereocenters. The summed E-state index contributed by atoms with van der Waals surface area (Å²) in [6, 6.07) is -0.638. The van der Waals surface area contributed by atoms with Gasteiger partial charge in [0.15, 0.2) is 9.84 Å². The number of rotatable bonds is 2. The SMILES string of the molecule is CCN(C)C(=O)NC1C=CS(=O)(=O)C1. The summed E-state index contributed by atoms with van der Waals surface area (Å²) in [5, 5.41) is 3.75. The first-order valence-electron chi connectivity index (χ1n) is 4.37. The number of nitrogens with one attached hydrogen (secondary N) is 1. The molecule has 0 spiro atoms. The molecule has 0 fully saturated rings. The van der Waals surface area contributed by atoms with Gasteiger partial charge in [-0.05, 0) is 13.0 Å². The first-order chi connectivity index (χ1) is 6.44. The Balaban J connectivity index is 2.49. The van der Waals surface area contributed by atoms with Gasteiger partial charge in [-0.25, -0.2) is 13.2 Å². The van der Waals surface area contributed by atoms with Gasteiger partial charge in [-0.3, -0.25) is 0 Å². The van der Waals surface area contributed by atoms with Crippen molar-refractivity contribution in [3.63, 3.8) is 0 Å². The molecule has 1 aliphatic rings. The Hall–Kier alpha value is -1.04. The van der Waals surface area contributed by atoms with Crippen LogP contribution < -0.4 is 5.32 Å². The Kier molecular flexibility index (Phi) is 3.15. The van der Waals surface area contributed by atoms with Gasteiger partial charge in [-0.1, -0.05) is 0 Å². The van der Waals surface area contributed by atoms with Crippen LogP contribution in [0, 0.1) is 0 Å². The van der Waals surface area contributed by atoms with Crippen molar-refractivity contribution in [2.24, 2.45) is 0 Å². The number of hydrogen-bond acceptors (Lipinski definition) is 3. The molecular weight excluding hydrogens is 204 g/mol. The van der Waals surface area contributed by atoms with Crippen LogP contribution in [-0.4, -0.2) is 44.7 Å². The number of sulfone groups is 1. The van der Waals surface area contributed by atoms with Crippen LogP contribution in [0.2, 0.25) is 0 Å². The monoisotopic (exact) mass is 218 g/mol. The summed E-state index contributed by atoms with van der Waals surface area (Å²) in [5.74, 6) is -0.0315. The lowest BCUT2D eigenvalue weighted by atomic mass is 10.3. The molecule has 1 atom stereocenters. The van der Waals surface area contributed by atoms with E-state index in [1.165, 1.54) is 11.0 Å². The van der Waals surface area contributed by atoms with E-state index in [0.717, 1.165) is 5.41 Å². The molecule has 0 saturated carbocycles. The summed E-state index contributed by atoms with van der Waals surface area (Å²) in [6.07, 6.45) is 1.50. The lowest BCUT2D eigenvalue weighted by Crippen LogP contribution is -2.43. The van der Waals surface area contributed by atoms with Crippen molar-refractivity contribution < 1.29 is 13.2 Å². The molecule has 5 nitrogen and oxygen atoms in total. The van der Waals surface area contributed by atoms with Crippen LogP contribution in [0.4, 0.5) is 4.79 Å². The highest BCUT2D eigenvalue weighted by molar-refractivity contribution is 7.94. The molecule has 0 bridgehead atoms. The average Bonchev–Trinajstić information content (AvgIpc) is 2.44. The van der Waals surface area contributed by atoms with Crippen LogP contribution in [0.3, 0.4) is 0 Å². The Morgan fingerprint density at radius 3 is 2.71 bits per heavy atom. The van der Waals surface area contributed by atoms with Gasteiger partial charge in [0.05, 0.1) is 11.8 Å². The van der Waals surface area contributed by atoms with Crippen molar-refractivity contribution in [1.82, 2.24) is 10.2 Å². The second-order valence-corrected chi connectivity index (χ2v) is 5.16. The Labute approximate surface area is 83.7 Å². The van der Waals surface area contributed by atoms with E-state index in [2.05, 4.69) is 5.32 Å². The molecule has 1 N–H and O–H groups in total. The topological polar surface area (TPSA) is 66.5 Å². The largest absolute Gasteiger partial charge is 0.331 e. The minimum Gasteiger partial charge on any atom is -0.331 e. The van der Waals surface area contributed by atoms with Crippen molar-refractivity contribution in [2.45, 2.75) is 13.0 Å². The molecule has 0 aliphatic carbocycles. The van der Waals surface area contributed by atoms with Crippen LogP contribution >= 0.6 is 0 Å². The number of nitrogens with zero attached hydrogens (tertiary/aromatic N) is 1. The van der Waals surface area contributed by atoms with E-state index in [1.807, 2.05) is 6.92 Å². The molecule has 0 aromatic heterocycles.